The molecular weight excluding hydrogens is 658 g/mol. The molecule has 1 saturated carbocycles. The van der Waals surface area contributed by atoms with Crippen molar-refractivity contribution < 1.29 is 22.7 Å². The molecule has 0 aliphatic heterocycles. The second-order valence-corrected chi connectivity index (χ2v) is 14.7. The fourth-order valence-electron chi connectivity index (χ4n) is 6.22. The van der Waals surface area contributed by atoms with Gasteiger partial charge < -0.3 is 15.0 Å². The van der Waals surface area contributed by atoms with Crippen molar-refractivity contribution in [1.29, 1.82) is 0 Å². The molecule has 0 spiro atoms. The number of rotatable bonds is 14. The number of amides is 2. The molecule has 1 atom stereocenters. The van der Waals surface area contributed by atoms with E-state index in [0.29, 0.717) is 22.9 Å². The van der Waals surface area contributed by atoms with E-state index in [1.165, 1.54) is 17.0 Å². The standard InChI is InChI=1S/C39H44ClN3O5S/c1-3-48-37-20-11-10-19-35(37)43(49(46,47)34-23-21-29(2)22-24-34)28-38(44)42(27-31-15-12-16-32(40)25-31)36(26-30-13-6-4-7-14-30)39(45)41-33-17-8-5-9-18-33/h4,6-7,10-16,19-25,33,36H,3,5,8-9,17-18,26-28H2,1-2H3,(H,41,45). The Hall–Kier alpha value is -4.34. The minimum Gasteiger partial charge on any atom is -0.492 e. The molecule has 5 rings (SSSR count). The summed E-state index contributed by atoms with van der Waals surface area (Å²) in [4.78, 5) is 30.6. The summed E-state index contributed by atoms with van der Waals surface area (Å²) < 4.78 is 35.8. The number of anilines is 1. The van der Waals surface area contributed by atoms with Gasteiger partial charge in [0.2, 0.25) is 11.8 Å². The van der Waals surface area contributed by atoms with Gasteiger partial charge in [-0.1, -0.05) is 103 Å². The van der Waals surface area contributed by atoms with E-state index in [4.69, 9.17) is 16.3 Å². The van der Waals surface area contributed by atoms with Crippen LogP contribution in [0.1, 0.15) is 55.7 Å². The van der Waals surface area contributed by atoms with Gasteiger partial charge in [-0.3, -0.25) is 13.9 Å². The highest BCUT2D eigenvalue weighted by Gasteiger charge is 2.36. The molecule has 0 aromatic heterocycles. The van der Waals surface area contributed by atoms with Gasteiger partial charge in [0.25, 0.3) is 10.0 Å². The van der Waals surface area contributed by atoms with Crippen LogP contribution >= 0.6 is 11.6 Å². The molecule has 4 aromatic rings. The van der Waals surface area contributed by atoms with Gasteiger partial charge in [0.05, 0.1) is 17.2 Å². The maximum Gasteiger partial charge on any atom is 0.264 e. The lowest BCUT2D eigenvalue weighted by Crippen LogP contribution is -2.55. The third-order valence-corrected chi connectivity index (χ3v) is 10.8. The second-order valence-electron chi connectivity index (χ2n) is 12.4. The van der Waals surface area contributed by atoms with Crippen molar-refractivity contribution >= 4 is 39.1 Å². The van der Waals surface area contributed by atoms with E-state index in [1.54, 1.807) is 54.6 Å². The number of para-hydroxylation sites is 2. The Morgan fingerprint density at radius 3 is 2.24 bits per heavy atom. The normalized spacial score (nSPS) is 14.1. The Bertz CT molecular complexity index is 1810. The highest BCUT2D eigenvalue weighted by molar-refractivity contribution is 7.92. The Kier molecular flexibility index (Phi) is 12.4. The second kappa shape index (κ2) is 16.9. The molecule has 258 valence electrons. The van der Waals surface area contributed by atoms with Crippen molar-refractivity contribution in [3.63, 3.8) is 0 Å². The number of aryl methyl sites for hydroxylation is 1. The third kappa shape index (κ3) is 9.43. The number of nitrogens with zero attached hydrogens (tertiary/aromatic N) is 2. The fraction of sp³-hybridized carbons (Fsp3) is 0.333. The van der Waals surface area contributed by atoms with Gasteiger partial charge in [-0.15, -0.1) is 0 Å². The number of carbonyl (C=O) groups excluding carboxylic acids is 2. The maximum atomic E-state index is 14.8. The van der Waals surface area contributed by atoms with Crippen LogP contribution in [0.3, 0.4) is 0 Å². The minimum atomic E-state index is -4.26. The molecular formula is C39H44ClN3O5S. The van der Waals surface area contributed by atoms with Crippen molar-refractivity contribution in [3.05, 3.63) is 125 Å². The number of nitrogens with one attached hydrogen (secondary N) is 1. The molecule has 0 radical (unpaired) electrons. The zero-order valence-corrected chi connectivity index (χ0v) is 29.6. The summed E-state index contributed by atoms with van der Waals surface area (Å²) >= 11 is 6.37. The summed E-state index contributed by atoms with van der Waals surface area (Å²) in [7, 11) is -4.26. The van der Waals surface area contributed by atoms with Gasteiger partial charge in [0, 0.05) is 24.0 Å². The highest BCUT2D eigenvalue weighted by Crippen LogP contribution is 2.33. The molecule has 1 N–H and O–H groups in total. The number of sulfonamides is 1. The largest absolute Gasteiger partial charge is 0.492 e. The van der Waals surface area contributed by atoms with Crippen molar-refractivity contribution in [1.82, 2.24) is 10.2 Å². The smallest absolute Gasteiger partial charge is 0.264 e. The first-order chi connectivity index (χ1) is 23.7. The summed E-state index contributed by atoms with van der Waals surface area (Å²) in [5.41, 5.74) is 2.72. The molecule has 2 amide bonds. The molecule has 1 unspecified atom stereocenters. The van der Waals surface area contributed by atoms with Gasteiger partial charge in [-0.2, -0.15) is 0 Å². The number of ether oxygens (including phenoxy) is 1. The average molecular weight is 702 g/mol. The number of carbonyl (C=O) groups is 2. The first-order valence-corrected chi connectivity index (χ1v) is 18.7. The van der Waals surface area contributed by atoms with Crippen LogP contribution in [0.25, 0.3) is 0 Å². The average Bonchev–Trinajstić information content (AvgIpc) is 3.10. The van der Waals surface area contributed by atoms with Gasteiger partial charge >= 0.3 is 0 Å². The first kappa shape index (κ1) is 36.0. The lowest BCUT2D eigenvalue weighted by Gasteiger charge is -2.35. The first-order valence-electron chi connectivity index (χ1n) is 16.8. The molecule has 1 fully saturated rings. The topological polar surface area (TPSA) is 96.0 Å². The van der Waals surface area contributed by atoms with Crippen molar-refractivity contribution in [2.45, 2.75) is 75.9 Å². The van der Waals surface area contributed by atoms with E-state index in [9.17, 15) is 18.0 Å². The summed E-state index contributed by atoms with van der Waals surface area (Å²) in [6.07, 6.45) is 5.19. The van der Waals surface area contributed by atoms with Crippen LogP contribution in [-0.2, 0) is 32.6 Å². The molecule has 8 nitrogen and oxygen atoms in total. The van der Waals surface area contributed by atoms with Crippen LogP contribution in [0.15, 0.2) is 108 Å². The lowest BCUT2D eigenvalue weighted by molar-refractivity contribution is -0.140. The van der Waals surface area contributed by atoms with Crippen LogP contribution in [-0.4, -0.2) is 50.4 Å². The van der Waals surface area contributed by atoms with Gasteiger partial charge in [0.1, 0.15) is 18.3 Å². The van der Waals surface area contributed by atoms with E-state index in [0.717, 1.165) is 47.5 Å². The summed E-state index contributed by atoms with van der Waals surface area (Å²) in [6, 6.07) is 29.0. The van der Waals surface area contributed by atoms with Gasteiger partial charge in [0.15, 0.2) is 0 Å². The molecule has 49 heavy (non-hydrogen) atoms. The monoisotopic (exact) mass is 701 g/mol. The zero-order chi connectivity index (χ0) is 34.8. The van der Waals surface area contributed by atoms with E-state index in [2.05, 4.69) is 5.32 Å². The van der Waals surface area contributed by atoms with E-state index in [-0.39, 0.29) is 35.5 Å². The number of benzene rings is 4. The van der Waals surface area contributed by atoms with Crippen molar-refractivity contribution in [2.24, 2.45) is 0 Å². The Morgan fingerprint density at radius 1 is 0.878 bits per heavy atom. The predicted octanol–water partition coefficient (Wildman–Crippen LogP) is 7.33. The van der Waals surface area contributed by atoms with Crippen LogP contribution < -0.4 is 14.4 Å². The summed E-state index contributed by atoms with van der Waals surface area (Å²) in [5.74, 6) is -0.485. The maximum absolute atomic E-state index is 14.8. The number of hydrogen-bond acceptors (Lipinski definition) is 5. The highest BCUT2D eigenvalue weighted by atomic mass is 35.5. The molecule has 4 aromatic carbocycles. The predicted molar refractivity (Wildman–Crippen MR) is 194 cm³/mol. The van der Waals surface area contributed by atoms with E-state index < -0.39 is 28.5 Å². The fourth-order valence-corrected chi connectivity index (χ4v) is 7.86. The van der Waals surface area contributed by atoms with Crippen LogP contribution in [0.5, 0.6) is 5.75 Å². The molecule has 10 heteroatoms. The van der Waals surface area contributed by atoms with Crippen LogP contribution in [0, 0.1) is 6.92 Å². The molecule has 0 heterocycles. The lowest BCUT2D eigenvalue weighted by atomic mass is 9.94. The van der Waals surface area contributed by atoms with Crippen LogP contribution in [0.4, 0.5) is 5.69 Å². The van der Waals surface area contributed by atoms with E-state index in [1.807, 2.05) is 50.2 Å². The minimum absolute atomic E-state index is 0.0131. The Balaban J connectivity index is 1.59. The molecule has 1 aliphatic rings. The van der Waals surface area contributed by atoms with Crippen molar-refractivity contribution in [3.8, 4) is 5.75 Å². The van der Waals surface area contributed by atoms with Crippen molar-refractivity contribution in [2.75, 3.05) is 17.5 Å². The quantitative estimate of drug-likeness (QED) is 0.149. The summed E-state index contributed by atoms with van der Waals surface area (Å²) in [5, 5.41) is 3.72. The molecule has 0 bridgehead atoms. The van der Waals surface area contributed by atoms with E-state index >= 15 is 0 Å². The summed E-state index contributed by atoms with van der Waals surface area (Å²) in [6.45, 7) is 3.46. The van der Waals surface area contributed by atoms with Crippen LogP contribution in [0.2, 0.25) is 5.02 Å². The number of halogens is 1. The number of hydrogen-bond donors (Lipinski definition) is 1. The Labute approximate surface area is 295 Å². The molecule has 0 saturated heterocycles. The SMILES string of the molecule is CCOc1ccccc1N(CC(=O)N(Cc1cccc(Cl)c1)C(Cc1ccccc1)C(=O)NC1CCCCC1)S(=O)(=O)c1ccc(C)cc1. The Morgan fingerprint density at radius 2 is 1.55 bits per heavy atom. The molecule has 1 aliphatic carbocycles. The van der Waals surface area contributed by atoms with Gasteiger partial charge in [-0.05, 0) is 74.2 Å². The third-order valence-electron chi connectivity index (χ3n) is 8.79. The zero-order valence-electron chi connectivity index (χ0n) is 28.1. The van der Waals surface area contributed by atoms with Gasteiger partial charge in [-0.25, -0.2) is 8.42 Å².